The molecule has 2 aromatic carbocycles. The zero-order valence-electron chi connectivity index (χ0n) is 18.0. The summed E-state index contributed by atoms with van der Waals surface area (Å²) in [5.41, 5.74) is 4.83. The maximum atomic E-state index is 9.31. The highest BCUT2D eigenvalue weighted by atomic mass is 32.2. The van der Waals surface area contributed by atoms with Crippen LogP contribution in [0.2, 0.25) is 0 Å². The first-order valence-corrected chi connectivity index (χ1v) is 10.9. The number of aryl methyl sites for hydroxylation is 1. The smallest absolute Gasteiger partial charge is 0.0766 e. The average molecular weight is 393 g/mol. The van der Waals surface area contributed by atoms with Gasteiger partial charge in [0.1, 0.15) is 0 Å². The number of nitrogens with one attached hydrogen (secondary N) is 1. The molecule has 1 N–H and O–H groups in total. The topological polar surface area (TPSA) is 35.8 Å². The Balaban J connectivity index is 1.67. The summed E-state index contributed by atoms with van der Waals surface area (Å²) in [6.45, 7) is 14.1. The number of thioether (sulfide) groups is 1. The van der Waals surface area contributed by atoms with Gasteiger partial charge < -0.3 is 5.32 Å². The van der Waals surface area contributed by atoms with Gasteiger partial charge in [0.25, 0.3) is 0 Å². The van der Waals surface area contributed by atoms with Crippen molar-refractivity contribution in [3.8, 4) is 6.07 Å². The molecule has 0 radical (unpaired) electrons. The minimum absolute atomic E-state index is 0.175. The second-order valence-corrected chi connectivity index (χ2v) is 11.4. The van der Waals surface area contributed by atoms with Gasteiger partial charge in [-0.15, -0.1) is 11.8 Å². The second kappa shape index (κ2) is 7.48. The summed E-state index contributed by atoms with van der Waals surface area (Å²) in [7, 11) is 0. The maximum absolute atomic E-state index is 9.31. The summed E-state index contributed by atoms with van der Waals surface area (Å²) >= 11 is 2.00. The van der Waals surface area contributed by atoms with Crippen LogP contribution in [0, 0.1) is 11.3 Å². The summed E-state index contributed by atoms with van der Waals surface area (Å²) in [5, 5.41) is 13.0. The van der Waals surface area contributed by atoms with Crippen molar-refractivity contribution in [2.75, 3.05) is 11.9 Å². The monoisotopic (exact) mass is 392 g/mol. The van der Waals surface area contributed by atoms with Crippen LogP contribution in [0.3, 0.4) is 0 Å². The summed E-state index contributed by atoms with van der Waals surface area (Å²) in [5.74, 6) is 0. The molecule has 0 amide bonds. The van der Waals surface area contributed by atoms with E-state index < -0.39 is 5.41 Å². The van der Waals surface area contributed by atoms with E-state index in [1.54, 1.807) is 0 Å². The quantitative estimate of drug-likeness (QED) is 0.629. The fourth-order valence-corrected chi connectivity index (χ4v) is 4.76. The van der Waals surface area contributed by atoms with Crippen molar-refractivity contribution in [3.63, 3.8) is 0 Å². The molecule has 2 nitrogen and oxygen atoms in total. The summed E-state index contributed by atoms with van der Waals surface area (Å²) in [6, 6.07) is 17.8. The highest BCUT2D eigenvalue weighted by Crippen LogP contribution is 2.45. The molecule has 1 unspecified atom stereocenters. The van der Waals surface area contributed by atoms with E-state index in [9.17, 15) is 5.26 Å². The zero-order chi connectivity index (χ0) is 20.6. The lowest BCUT2D eigenvalue weighted by Gasteiger charge is -2.36. The molecule has 1 atom stereocenters. The van der Waals surface area contributed by atoms with E-state index in [0.29, 0.717) is 0 Å². The molecule has 2 aromatic rings. The Kier molecular flexibility index (Phi) is 5.56. The van der Waals surface area contributed by atoms with Gasteiger partial charge in [0.05, 0.1) is 11.5 Å². The molecule has 0 bridgehead atoms. The summed E-state index contributed by atoms with van der Waals surface area (Å²) in [6.07, 6.45) is 2.17. The molecular weight excluding hydrogens is 360 g/mol. The van der Waals surface area contributed by atoms with E-state index in [2.05, 4.69) is 81.5 Å². The van der Waals surface area contributed by atoms with Gasteiger partial charge in [-0.2, -0.15) is 5.26 Å². The van der Waals surface area contributed by atoms with Crippen molar-refractivity contribution in [1.29, 1.82) is 5.26 Å². The van der Waals surface area contributed by atoms with Crippen LogP contribution in [0.5, 0.6) is 0 Å². The molecule has 0 aromatic heterocycles. The maximum Gasteiger partial charge on any atom is 0.0766 e. The molecule has 0 saturated heterocycles. The van der Waals surface area contributed by atoms with Gasteiger partial charge in [-0.25, -0.2) is 0 Å². The lowest BCUT2D eigenvalue weighted by Crippen LogP contribution is -2.34. The van der Waals surface area contributed by atoms with E-state index in [1.165, 1.54) is 21.7 Å². The number of hydrogen-bond acceptors (Lipinski definition) is 3. The van der Waals surface area contributed by atoms with Crippen molar-refractivity contribution in [1.82, 2.24) is 0 Å². The van der Waals surface area contributed by atoms with Crippen molar-refractivity contribution in [3.05, 3.63) is 59.2 Å². The number of anilines is 1. The summed E-state index contributed by atoms with van der Waals surface area (Å²) < 4.78 is 0.181. The van der Waals surface area contributed by atoms with Gasteiger partial charge in [0, 0.05) is 21.9 Å². The Labute approximate surface area is 174 Å². The highest BCUT2D eigenvalue weighted by Gasteiger charge is 2.31. The minimum Gasteiger partial charge on any atom is -0.383 e. The number of fused-ring (bicyclic) bond motifs is 1. The van der Waals surface area contributed by atoms with Crippen LogP contribution in [0.1, 0.15) is 64.7 Å². The van der Waals surface area contributed by atoms with Gasteiger partial charge in [-0.05, 0) is 67.9 Å². The third kappa shape index (κ3) is 4.55. The molecule has 0 spiro atoms. The van der Waals surface area contributed by atoms with Crippen LogP contribution in [0.15, 0.2) is 47.4 Å². The molecule has 0 fully saturated rings. The Morgan fingerprint density at radius 1 is 1.04 bits per heavy atom. The lowest BCUT2D eigenvalue weighted by atomic mass is 9.85. The molecular formula is C25H32N2S. The third-order valence-corrected chi connectivity index (χ3v) is 7.17. The highest BCUT2D eigenvalue weighted by molar-refractivity contribution is 8.01. The van der Waals surface area contributed by atoms with Crippen LogP contribution in [-0.4, -0.2) is 11.3 Å². The number of hydrogen-bond donors (Lipinski definition) is 1. The Morgan fingerprint density at radius 2 is 1.68 bits per heavy atom. The standard InChI is InChI=1S/C25H32N2S/c1-23(2,3)20-11-12-22-21(15-20)27-17-25(6,28-22)14-13-18-7-9-19(10-8-18)24(4,5)16-26/h7-12,15,27H,13-14,17H2,1-6H3. The van der Waals surface area contributed by atoms with Gasteiger partial charge in [-0.1, -0.05) is 51.1 Å². The number of rotatable bonds is 4. The van der Waals surface area contributed by atoms with Crippen molar-refractivity contribution in [2.24, 2.45) is 0 Å². The number of nitriles is 1. The van der Waals surface area contributed by atoms with Gasteiger partial charge >= 0.3 is 0 Å². The SMILES string of the molecule is CC1(CCc2ccc(C(C)(C)C#N)cc2)CNc2cc(C(C)(C)C)ccc2S1. The normalized spacial score (nSPS) is 19.5. The molecule has 148 valence electrons. The van der Waals surface area contributed by atoms with E-state index in [-0.39, 0.29) is 10.2 Å². The van der Waals surface area contributed by atoms with Crippen LogP contribution in [-0.2, 0) is 17.3 Å². The molecule has 3 rings (SSSR count). The summed E-state index contributed by atoms with van der Waals surface area (Å²) in [4.78, 5) is 1.35. The average Bonchev–Trinajstić information content (AvgIpc) is 2.65. The molecule has 1 heterocycles. The van der Waals surface area contributed by atoms with Crippen molar-refractivity contribution < 1.29 is 0 Å². The van der Waals surface area contributed by atoms with Gasteiger partial charge in [-0.3, -0.25) is 0 Å². The van der Waals surface area contributed by atoms with Crippen molar-refractivity contribution >= 4 is 17.4 Å². The van der Waals surface area contributed by atoms with Crippen LogP contribution < -0.4 is 5.32 Å². The van der Waals surface area contributed by atoms with E-state index in [1.807, 2.05) is 25.6 Å². The number of nitrogens with zero attached hydrogens (tertiary/aromatic N) is 1. The second-order valence-electron chi connectivity index (χ2n) is 9.80. The predicted octanol–water partition coefficient (Wildman–Crippen LogP) is 6.69. The molecule has 1 aliphatic rings. The fourth-order valence-electron chi connectivity index (χ4n) is 3.51. The van der Waals surface area contributed by atoms with Crippen molar-refractivity contribution in [2.45, 2.75) is 74.9 Å². The Morgan fingerprint density at radius 3 is 2.29 bits per heavy atom. The van der Waals surface area contributed by atoms with Gasteiger partial charge in [0.2, 0.25) is 0 Å². The number of benzene rings is 2. The first-order valence-electron chi connectivity index (χ1n) is 10.1. The van der Waals surface area contributed by atoms with E-state index in [4.69, 9.17) is 0 Å². The molecule has 28 heavy (non-hydrogen) atoms. The van der Waals surface area contributed by atoms with E-state index >= 15 is 0 Å². The minimum atomic E-state index is -0.427. The Hall–Kier alpha value is -1.92. The van der Waals surface area contributed by atoms with Crippen LogP contribution in [0.4, 0.5) is 5.69 Å². The predicted molar refractivity (Wildman–Crippen MR) is 121 cm³/mol. The Bertz CT molecular complexity index is 884. The lowest BCUT2D eigenvalue weighted by molar-refractivity contribution is 0.587. The zero-order valence-corrected chi connectivity index (χ0v) is 18.8. The fraction of sp³-hybridized carbons (Fsp3) is 0.480. The molecule has 3 heteroatoms. The van der Waals surface area contributed by atoms with Crippen LogP contribution >= 0.6 is 11.8 Å². The molecule has 0 saturated carbocycles. The third-order valence-electron chi connectivity index (χ3n) is 5.75. The molecule has 0 aliphatic carbocycles. The van der Waals surface area contributed by atoms with Gasteiger partial charge in [0.15, 0.2) is 0 Å². The first-order chi connectivity index (χ1) is 13.0. The molecule has 1 aliphatic heterocycles. The largest absolute Gasteiger partial charge is 0.383 e. The first kappa shape index (κ1) is 20.8. The van der Waals surface area contributed by atoms with Crippen LogP contribution in [0.25, 0.3) is 0 Å². The van der Waals surface area contributed by atoms with E-state index in [0.717, 1.165) is 24.9 Å².